The molecule has 0 unspecified atom stereocenters. The predicted molar refractivity (Wildman–Crippen MR) is 71.7 cm³/mol. The molecule has 3 heteroatoms. The molecule has 0 fully saturated rings. The van der Waals surface area contributed by atoms with Gasteiger partial charge >= 0.3 is 5.97 Å². The van der Waals surface area contributed by atoms with Gasteiger partial charge in [-0.05, 0) is 42.9 Å². The maximum atomic E-state index is 11.5. The third kappa shape index (κ3) is 3.88. The molecule has 0 spiro atoms. The summed E-state index contributed by atoms with van der Waals surface area (Å²) in [6.07, 6.45) is 6.38. The van der Waals surface area contributed by atoms with Crippen molar-refractivity contribution in [2.24, 2.45) is 0 Å². The largest absolute Gasteiger partial charge is 0.462 e. The highest BCUT2D eigenvalue weighted by molar-refractivity contribution is 5.90. The van der Waals surface area contributed by atoms with Gasteiger partial charge in [0.2, 0.25) is 0 Å². The minimum absolute atomic E-state index is 0.349. The van der Waals surface area contributed by atoms with E-state index in [0.717, 1.165) is 5.56 Å². The van der Waals surface area contributed by atoms with E-state index < -0.39 is 0 Å². The zero-order chi connectivity index (χ0) is 13.4. The number of terminal acetylenes is 1. The van der Waals surface area contributed by atoms with Gasteiger partial charge in [0.15, 0.2) is 0 Å². The van der Waals surface area contributed by atoms with Gasteiger partial charge in [-0.1, -0.05) is 12.0 Å². The maximum absolute atomic E-state index is 11.5. The average Bonchev–Trinajstić information content (AvgIpc) is 2.36. The summed E-state index contributed by atoms with van der Waals surface area (Å²) in [5.41, 5.74) is 7.86. The number of carbonyl (C=O) groups is 1. The quantitative estimate of drug-likeness (QED) is 0.498. The monoisotopic (exact) mass is 241 g/mol. The van der Waals surface area contributed by atoms with Crippen LogP contribution in [-0.4, -0.2) is 12.6 Å². The summed E-state index contributed by atoms with van der Waals surface area (Å²) < 4.78 is 4.90. The van der Waals surface area contributed by atoms with Gasteiger partial charge in [0.25, 0.3) is 0 Å². The van der Waals surface area contributed by atoms with Gasteiger partial charge in [0.1, 0.15) is 0 Å². The smallest absolute Gasteiger partial charge is 0.338 e. The summed E-state index contributed by atoms with van der Waals surface area (Å²) in [5.74, 6) is 7.28. The van der Waals surface area contributed by atoms with Gasteiger partial charge in [-0.15, -0.1) is 6.42 Å². The summed E-state index contributed by atoms with van der Waals surface area (Å²) in [6, 6.07) is 5.15. The molecular formula is C15H15NO2. The third-order valence-electron chi connectivity index (χ3n) is 2.34. The zero-order valence-electron chi connectivity index (χ0n) is 10.3. The van der Waals surface area contributed by atoms with Crippen LogP contribution in [-0.2, 0) is 11.2 Å². The molecule has 0 radical (unpaired) electrons. The van der Waals surface area contributed by atoms with Crippen LogP contribution < -0.4 is 5.73 Å². The molecule has 0 heterocycles. The van der Waals surface area contributed by atoms with Crippen molar-refractivity contribution in [3.05, 3.63) is 29.3 Å². The lowest BCUT2D eigenvalue weighted by Crippen LogP contribution is -2.06. The van der Waals surface area contributed by atoms with Crippen LogP contribution in [0.2, 0.25) is 0 Å². The first-order valence-corrected chi connectivity index (χ1v) is 5.68. The van der Waals surface area contributed by atoms with E-state index in [1.807, 2.05) is 6.07 Å². The molecule has 2 N–H and O–H groups in total. The number of benzene rings is 1. The van der Waals surface area contributed by atoms with Crippen LogP contribution >= 0.6 is 0 Å². The van der Waals surface area contributed by atoms with Crippen LogP contribution in [0.5, 0.6) is 0 Å². The molecule has 0 aliphatic heterocycles. The van der Waals surface area contributed by atoms with Crippen LogP contribution in [0.4, 0.5) is 5.69 Å². The topological polar surface area (TPSA) is 52.3 Å². The molecule has 92 valence electrons. The molecule has 1 aromatic carbocycles. The lowest BCUT2D eigenvalue weighted by atomic mass is 10.0. The van der Waals surface area contributed by atoms with Crippen molar-refractivity contribution < 1.29 is 9.53 Å². The van der Waals surface area contributed by atoms with E-state index in [0.29, 0.717) is 30.7 Å². The molecule has 0 aromatic heterocycles. The highest BCUT2D eigenvalue weighted by Crippen LogP contribution is 2.16. The van der Waals surface area contributed by atoms with Crippen molar-refractivity contribution in [3.63, 3.8) is 0 Å². The summed E-state index contributed by atoms with van der Waals surface area (Å²) >= 11 is 0. The van der Waals surface area contributed by atoms with Crippen LogP contribution in [0.3, 0.4) is 0 Å². The van der Waals surface area contributed by atoms with E-state index in [9.17, 15) is 4.79 Å². The Hall–Kier alpha value is -2.39. The number of aryl methyl sites for hydroxylation is 1. The standard InChI is InChI=1S/C15H15NO2/c1-3-5-6-7-8-12-9-10-13(11-14(12)16)15(17)18-4-2/h1,9-11H,4,7-8,16H2,2H3. The number of carbonyl (C=O) groups excluding carboxylic acids is 1. The highest BCUT2D eigenvalue weighted by Gasteiger charge is 2.08. The number of hydrogen-bond acceptors (Lipinski definition) is 3. The minimum atomic E-state index is -0.358. The van der Waals surface area contributed by atoms with Crippen LogP contribution in [0.15, 0.2) is 18.2 Å². The van der Waals surface area contributed by atoms with Crippen molar-refractivity contribution in [1.82, 2.24) is 0 Å². The molecule has 0 atom stereocenters. The molecule has 1 rings (SSSR count). The Kier molecular flexibility index (Phi) is 5.35. The predicted octanol–water partition coefficient (Wildman–Crippen LogP) is 2.01. The molecular weight excluding hydrogens is 226 g/mol. The molecule has 0 saturated carbocycles. The van der Waals surface area contributed by atoms with E-state index >= 15 is 0 Å². The average molecular weight is 241 g/mol. The van der Waals surface area contributed by atoms with Gasteiger partial charge in [0, 0.05) is 12.1 Å². The molecule has 18 heavy (non-hydrogen) atoms. The van der Waals surface area contributed by atoms with Gasteiger partial charge in [0.05, 0.1) is 12.2 Å². The molecule has 3 nitrogen and oxygen atoms in total. The Morgan fingerprint density at radius 1 is 1.50 bits per heavy atom. The Morgan fingerprint density at radius 3 is 2.89 bits per heavy atom. The molecule has 0 saturated heterocycles. The van der Waals surface area contributed by atoms with Crippen molar-refractivity contribution in [2.75, 3.05) is 12.3 Å². The van der Waals surface area contributed by atoms with Gasteiger partial charge in [-0.2, -0.15) is 0 Å². The van der Waals surface area contributed by atoms with Gasteiger partial charge < -0.3 is 10.5 Å². The normalized spacial score (nSPS) is 8.89. The van der Waals surface area contributed by atoms with Crippen LogP contribution in [0, 0.1) is 24.2 Å². The molecule has 0 amide bonds. The lowest BCUT2D eigenvalue weighted by molar-refractivity contribution is 0.0526. The molecule has 0 aliphatic rings. The summed E-state index contributed by atoms with van der Waals surface area (Å²) in [7, 11) is 0. The van der Waals surface area contributed by atoms with Gasteiger partial charge in [-0.25, -0.2) is 4.79 Å². The second kappa shape index (κ2) is 7.04. The van der Waals surface area contributed by atoms with E-state index in [4.69, 9.17) is 16.9 Å². The SMILES string of the molecule is C#CC#CCCc1ccc(C(=O)OCC)cc1N. The molecule has 0 bridgehead atoms. The highest BCUT2D eigenvalue weighted by atomic mass is 16.5. The van der Waals surface area contributed by atoms with Crippen molar-refractivity contribution in [3.8, 4) is 24.2 Å². The summed E-state index contributed by atoms with van der Waals surface area (Å²) in [5, 5.41) is 0. The Morgan fingerprint density at radius 2 is 2.28 bits per heavy atom. The van der Waals surface area contributed by atoms with E-state index in [1.165, 1.54) is 0 Å². The number of nitrogen functional groups attached to an aromatic ring is 1. The fraction of sp³-hybridized carbons (Fsp3) is 0.267. The fourth-order valence-corrected chi connectivity index (χ4v) is 1.47. The summed E-state index contributed by atoms with van der Waals surface area (Å²) in [4.78, 5) is 11.5. The first kappa shape index (κ1) is 13.7. The van der Waals surface area contributed by atoms with E-state index in [2.05, 4.69) is 17.8 Å². The summed E-state index contributed by atoms with van der Waals surface area (Å²) in [6.45, 7) is 2.11. The van der Waals surface area contributed by atoms with E-state index in [-0.39, 0.29) is 5.97 Å². The molecule has 0 aliphatic carbocycles. The number of nitrogens with two attached hydrogens (primary N) is 1. The van der Waals surface area contributed by atoms with Crippen molar-refractivity contribution >= 4 is 11.7 Å². The first-order valence-electron chi connectivity index (χ1n) is 5.68. The van der Waals surface area contributed by atoms with Crippen molar-refractivity contribution in [1.29, 1.82) is 0 Å². The number of rotatable bonds is 4. The fourth-order valence-electron chi connectivity index (χ4n) is 1.47. The first-order chi connectivity index (χ1) is 8.69. The van der Waals surface area contributed by atoms with Crippen LogP contribution in [0.25, 0.3) is 0 Å². The second-order valence-electron chi connectivity index (χ2n) is 3.58. The van der Waals surface area contributed by atoms with Crippen molar-refractivity contribution in [2.45, 2.75) is 19.8 Å². The second-order valence-corrected chi connectivity index (χ2v) is 3.58. The maximum Gasteiger partial charge on any atom is 0.338 e. The Labute approximate surface area is 107 Å². The number of esters is 1. The minimum Gasteiger partial charge on any atom is -0.462 e. The number of anilines is 1. The zero-order valence-corrected chi connectivity index (χ0v) is 10.3. The Bertz CT molecular complexity index is 530. The number of hydrogen-bond donors (Lipinski definition) is 1. The number of ether oxygens (including phenoxy) is 1. The lowest BCUT2D eigenvalue weighted by Gasteiger charge is -2.06. The molecule has 1 aromatic rings. The van der Waals surface area contributed by atoms with Gasteiger partial charge in [-0.3, -0.25) is 0 Å². The van der Waals surface area contributed by atoms with E-state index in [1.54, 1.807) is 19.1 Å². The third-order valence-corrected chi connectivity index (χ3v) is 2.34. The van der Waals surface area contributed by atoms with Crippen LogP contribution in [0.1, 0.15) is 29.3 Å². The Balaban J connectivity index is 2.74.